The van der Waals surface area contributed by atoms with Crippen LogP contribution in [0.4, 0.5) is 14.5 Å². The van der Waals surface area contributed by atoms with Crippen molar-refractivity contribution < 1.29 is 18.3 Å². The summed E-state index contributed by atoms with van der Waals surface area (Å²) in [5.74, 6) is -2.46. The van der Waals surface area contributed by atoms with Crippen molar-refractivity contribution >= 4 is 24.0 Å². The Kier molecular flexibility index (Phi) is 5.81. The highest BCUT2D eigenvalue weighted by Crippen LogP contribution is 2.27. The fourth-order valence-electron chi connectivity index (χ4n) is 2.95. The highest BCUT2D eigenvalue weighted by atomic mass is 35.5. The molecule has 2 fully saturated rings. The van der Waals surface area contributed by atoms with E-state index in [-0.39, 0.29) is 18.5 Å². The SMILES string of the molecule is Cl.O=C(Nc1ccc(OC2CCCC2)cc1)C1CC(F)(F)CN1. The minimum Gasteiger partial charge on any atom is -0.490 e. The average Bonchev–Trinajstić information content (AvgIpc) is 3.10. The zero-order valence-electron chi connectivity index (χ0n) is 12.7. The molecule has 1 amide bonds. The van der Waals surface area contributed by atoms with Crippen LogP contribution in [0.25, 0.3) is 0 Å². The lowest BCUT2D eigenvalue weighted by molar-refractivity contribution is -0.118. The van der Waals surface area contributed by atoms with Crippen LogP contribution < -0.4 is 15.4 Å². The molecule has 128 valence electrons. The van der Waals surface area contributed by atoms with Crippen LogP contribution in [0.15, 0.2) is 24.3 Å². The van der Waals surface area contributed by atoms with Crippen molar-refractivity contribution in [3.05, 3.63) is 24.3 Å². The number of nitrogens with one attached hydrogen (secondary N) is 2. The fourth-order valence-corrected chi connectivity index (χ4v) is 2.95. The molecule has 1 aliphatic carbocycles. The Morgan fingerprint density at radius 2 is 1.87 bits per heavy atom. The Labute approximate surface area is 140 Å². The number of carbonyl (C=O) groups excluding carboxylic acids is 1. The van der Waals surface area contributed by atoms with Gasteiger partial charge >= 0.3 is 0 Å². The van der Waals surface area contributed by atoms with E-state index in [4.69, 9.17) is 4.74 Å². The molecule has 1 aliphatic heterocycles. The molecule has 2 aliphatic rings. The number of rotatable bonds is 4. The second-order valence-electron chi connectivity index (χ2n) is 6.03. The van der Waals surface area contributed by atoms with Crippen LogP contribution in [0.1, 0.15) is 32.1 Å². The van der Waals surface area contributed by atoms with Crippen molar-refractivity contribution in [1.82, 2.24) is 5.32 Å². The van der Waals surface area contributed by atoms with Gasteiger partial charge in [-0.05, 0) is 49.9 Å². The van der Waals surface area contributed by atoms with E-state index < -0.39 is 30.8 Å². The zero-order valence-corrected chi connectivity index (χ0v) is 13.5. The lowest BCUT2D eigenvalue weighted by Gasteiger charge is -2.14. The van der Waals surface area contributed by atoms with Gasteiger partial charge in [-0.15, -0.1) is 12.4 Å². The summed E-state index contributed by atoms with van der Waals surface area (Å²) in [6.07, 6.45) is 4.41. The van der Waals surface area contributed by atoms with Gasteiger partial charge in [0.25, 0.3) is 5.92 Å². The molecule has 0 aromatic heterocycles. The van der Waals surface area contributed by atoms with Gasteiger partial charge in [0.05, 0.1) is 18.7 Å². The van der Waals surface area contributed by atoms with Gasteiger partial charge in [0.2, 0.25) is 5.91 Å². The van der Waals surface area contributed by atoms with E-state index in [9.17, 15) is 13.6 Å². The maximum Gasteiger partial charge on any atom is 0.262 e. The monoisotopic (exact) mass is 346 g/mol. The first-order chi connectivity index (χ1) is 10.5. The first kappa shape index (κ1) is 17.9. The van der Waals surface area contributed by atoms with Crippen LogP contribution in [0.3, 0.4) is 0 Å². The summed E-state index contributed by atoms with van der Waals surface area (Å²) in [6.45, 7) is -0.445. The Hall–Kier alpha value is -1.40. The summed E-state index contributed by atoms with van der Waals surface area (Å²) in [7, 11) is 0. The molecular weight excluding hydrogens is 326 g/mol. The van der Waals surface area contributed by atoms with E-state index in [0.717, 1.165) is 18.6 Å². The number of anilines is 1. The molecule has 1 aromatic carbocycles. The predicted molar refractivity (Wildman–Crippen MR) is 86.6 cm³/mol. The molecule has 1 saturated heterocycles. The van der Waals surface area contributed by atoms with Crippen molar-refractivity contribution in [2.45, 2.75) is 50.2 Å². The quantitative estimate of drug-likeness (QED) is 0.879. The topological polar surface area (TPSA) is 50.4 Å². The van der Waals surface area contributed by atoms with E-state index >= 15 is 0 Å². The average molecular weight is 347 g/mol. The maximum atomic E-state index is 13.1. The van der Waals surface area contributed by atoms with Gasteiger partial charge in [0.1, 0.15) is 5.75 Å². The summed E-state index contributed by atoms with van der Waals surface area (Å²) in [6, 6.07) is 6.21. The molecule has 3 rings (SSSR count). The molecule has 2 N–H and O–H groups in total. The first-order valence-electron chi connectivity index (χ1n) is 7.71. The van der Waals surface area contributed by atoms with Crippen molar-refractivity contribution in [3.63, 3.8) is 0 Å². The number of hydrogen-bond donors (Lipinski definition) is 2. The number of benzene rings is 1. The minimum absolute atomic E-state index is 0. The van der Waals surface area contributed by atoms with Gasteiger partial charge in [-0.2, -0.15) is 0 Å². The van der Waals surface area contributed by atoms with Gasteiger partial charge in [-0.1, -0.05) is 0 Å². The highest BCUT2D eigenvalue weighted by molar-refractivity contribution is 5.95. The Balaban J connectivity index is 0.00000192. The lowest BCUT2D eigenvalue weighted by atomic mass is 10.2. The van der Waals surface area contributed by atoms with Crippen molar-refractivity contribution in [3.8, 4) is 5.75 Å². The van der Waals surface area contributed by atoms with Crippen molar-refractivity contribution in [1.29, 1.82) is 0 Å². The Morgan fingerprint density at radius 3 is 2.43 bits per heavy atom. The van der Waals surface area contributed by atoms with Crippen molar-refractivity contribution in [2.75, 3.05) is 11.9 Å². The van der Waals surface area contributed by atoms with Crippen LogP contribution in [0.2, 0.25) is 0 Å². The smallest absolute Gasteiger partial charge is 0.262 e. The van der Waals surface area contributed by atoms with Crippen LogP contribution >= 0.6 is 12.4 Å². The Morgan fingerprint density at radius 1 is 1.22 bits per heavy atom. The number of ether oxygens (including phenoxy) is 1. The molecule has 0 bridgehead atoms. The number of amides is 1. The van der Waals surface area contributed by atoms with Gasteiger partial charge in [0, 0.05) is 12.1 Å². The molecule has 4 nitrogen and oxygen atoms in total. The molecule has 7 heteroatoms. The summed E-state index contributed by atoms with van der Waals surface area (Å²) in [4.78, 5) is 11.9. The first-order valence-corrected chi connectivity index (χ1v) is 7.71. The van der Waals surface area contributed by atoms with Gasteiger partial charge in [-0.25, -0.2) is 8.78 Å². The van der Waals surface area contributed by atoms with E-state index in [1.165, 1.54) is 12.8 Å². The largest absolute Gasteiger partial charge is 0.490 e. The third-order valence-corrected chi connectivity index (χ3v) is 4.15. The van der Waals surface area contributed by atoms with E-state index in [1.54, 1.807) is 24.3 Å². The number of hydrogen-bond acceptors (Lipinski definition) is 3. The molecular formula is C16H21ClF2N2O2. The molecule has 1 atom stereocenters. The third kappa shape index (κ3) is 4.78. The van der Waals surface area contributed by atoms with Crippen LogP contribution in [-0.2, 0) is 4.79 Å². The number of alkyl halides is 2. The van der Waals surface area contributed by atoms with E-state index in [0.29, 0.717) is 5.69 Å². The summed E-state index contributed by atoms with van der Waals surface area (Å²) in [5.41, 5.74) is 0.584. The summed E-state index contributed by atoms with van der Waals surface area (Å²) < 4.78 is 32.0. The standard InChI is InChI=1S/C16H20F2N2O2.ClH/c17-16(18)9-14(19-10-16)15(21)20-11-5-7-13(8-6-11)22-12-3-1-2-4-12;/h5-8,12,14,19H,1-4,9-10H2,(H,20,21);1H. The van der Waals surface area contributed by atoms with E-state index in [2.05, 4.69) is 10.6 Å². The zero-order chi connectivity index (χ0) is 15.6. The second kappa shape index (κ2) is 7.45. The molecule has 23 heavy (non-hydrogen) atoms. The van der Waals surface area contributed by atoms with Crippen LogP contribution in [0, 0.1) is 0 Å². The lowest BCUT2D eigenvalue weighted by Crippen LogP contribution is -2.35. The van der Waals surface area contributed by atoms with Crippen LogP contribution in [0.5, 0.6) is 5.75 Å². The fraction of sp³-hybridized carbons (Fsp3) is 0.562. The molecule has 1 unspecified atom stereocenters. The summed E-state index contributed by atoms with van der Waals surface area (Å²) >= 11 is 0. The van der Waals surface area contributed by atoms with Gasteiger partial charge < -0.3 is 10.1 Å². The number of halogens is 3. The molecule has 0 radical (unpaired) electrons. The molecule has 1 heterocycles. The third-order valence-electron chi connectivity index (χ3n) is 4.15. The summed E-state index contributed by atoms with van der Waals surface area (Å²) in [5, 5.41) is 5.19. The highest BCUT2D eigenvalue weighted by Gasteiger charge is 2.42. The van der Waals surface area contributed by atoms with Crippen molar-refractivity contribution in [2.24, 2.45) is 0 Å². The Bertz CT molecular complexity index is 533. The normalized spacial score (nSPS) is 23.3. The number of carbonyl (C=O) groups is 1. The molecule has 1 saturated carbocycles. The minimum atomic E-state index is -2.80. The second-order valence-corrected chi connectivity index (χ2v) is 6.03. The molecule has 0 spiro atoms. The predicted octanol–water partition coefficient (Wildman–Crippen LogP) is 3.37. The van der Waals surface area contributed by atoms with Crippen LogP contribution in [-0.4, -0.2) is 30.5 Å². The van der Waals surface area contributed by atoms with E-state index in [1.807, 2.05) is 0 Å². The maximum absolute atomic E-state index is 13.1. The molecule has 1 aromatic rings. The van der Waals surface area contributed by atoms with Gasteiger partial charge in [0.15, 0.2) is 0 Å². The van der Waals surface area contributed by atoms with Gasteiger partial charge in [-0.3, -0.25) is 10.1 Å².